The average Bonchev–Trinajstić information content (AvgIpc) is 2.77. The predicted octanol–water partition coefficient (Wildman–Crippen LogP) is 9.72. The van der Waals surface area contributed by atoms with Crippen LogP contribution in [0, 0.1) is 0 Å². The first kappa shape index (κ1) is 29.3. The van der Waals surface area contributed by atoms with Crippen LogP contribution in [0.1, 0.15) is 129 Å². The van der Waals surface area contributed by atoms with Gasteiger partial charge in [0.05, 0.1) is 5.60 Å². The van der Waals surface area contributed by atoms with Crippen LogP contribution in [0.5, 0.6) is 0 Å². The summed E-state index contributed by atoms with van der Waals surface area (Å²) in [7, 11) is -1.81. The molecule has 37 heavy (non-hydrogen) atoms. The van der Waals surface area contributed by atoms with Crippen LogP contribution in [0.4, 0.5) is 11.4 Å². The van der Waals surface area contributed by atoms with Crippen LogP contribution in [0.15, 0.2) is 60.4 Å². The molecule has 4 heteroatoms. The molecule has 201 valence electrons. The van der Waals surface area contributed by atoms with Gasteiger partial charge in [0.1, 0.15) is 0 Å². The topological polar surface area (TPSA) is 15.7 Å². The fraction of sp³-hybridized carbons (Fsp3) is 0.515. The molecule has 0 amide bonds. The molecule has 0 N–H and O–H groups in total. The molecule has 2 aromatic rings. The molecule has 0 saturated heterocycles. The zero-order valence-corrected chi connectivity index (χ0v) is 26.4. The van der Waals surface area contributed by atoms with Gasteiger partial charge in [0.25, 0.3) is 0 Å². The van der Waals surface area contributed by atoms with Crippen LogP contribution in [-0.2, 0) is 4.43 Å². The van der Waals surface area contributed by atoms with Crippen molar-refractivity contribution in [2.45, 2.75) is 112 Å². The van der Waals surface area contributed by atoms with Gasteiger partial charge in [-0.1, -0.05) is 98.4 Å². The van der Waals surface area contributed by atoms with Gasteiger partial charge < -0.3 is 13.6 Å². The fourth-order valence-electron chi connectivity index (χ4n) is 5.16. The monoisotopic (exact) mass is 517 g/mol. The van der Waals surface area contributed by atoms with Crippen molar-refractivity contribution in [1.82, 2.24) is 0 Å². The van der Waals surface area contributed by atoms with E-state index >= 15 is 0 Å². The van der Waals surface area contributed by atoms with E-state index in [1.807, 2.05) is 0 Å². The number of anilines is 2. The Morgan fingerprint density at radius 3 is 1.35 bits per heavy atom. The van der Waals surface area contributed by atoms with Gasteiger partial charge in [-0.15, -0.1) is 0 Å². The lowest BCUT2D eigenvalue weighted by atomic mass is 9.92. The molecule has 1 aliphatic heterocycles. The van der Waals surface area contributed by atoms with E-state index in [-0.39, 0.29) is 5.60 Å². The number of allylic oxidation sites excluding steroid dienone is 2. The first-order valence-corrected chi connectivity index (χ1v) is 15.2. The van der Waals surface area contributed by atoms with Gasteiger partial charge in [-0.3, -0.25) is 0 Å². The van der Waals surface area contributed by atoms with Gasteiger partial charge in [0, 0.05) is 22.8 Å². The Hall–Kier alpha value is -2.30. The predicted molar refractivity (Wildman–Crippen MR) is 164 cm³/mol. The maximum Gasteiger partial charge on any atom is 0.491 e. The van der Waals surface area contributed by atoms with E-state index in [1.54, 1.807) is 0 Å². The Morgan fingerprint density at radius 1 is 0.676 bits per heavy atom. The summed E-state index contributed by atoms with van der Waals surface area (Å²) in [6, 6.07) is 13.6. The second-order valence-corrected chi connectivity index (χ2v) is 14.3. The zero-order valence-electron chi connectivity index (χ0n) is 25.4. The lowest BCUT2D eigenvalue weighted by Crippen LogP contribution is -2.59. The van der Waals surface area contributed by atoms with E-state index in [2.05, 4.69) is 141 Å². The van der Waals surface area contributed by atoms with Gasteiger partial charge in [-0.2, -0.15) is 0 Å². The summed E-state index contributed by atoms with van der Waals surface area (Å²) in [5, 5.41) is 0. The smallest absolute Gasteiger partial charge is 0.376 e. The summed E-state index contributed by atoms with van der Waals surface area (Å²) in [5.74, 6) is 1.56. The van der Waals surface area contributed by atoms with Gasteiger partial charge in [0.2, 0.25) is 0 Å². The van der Waals surface area contributed by atoms with Crippen molar-refractivity contribution in [3.63, 3.8) is 0 Å². The Morgan fingerprint density at radius 2 is 1.03 bits per heavy atom. The standard InChI is InChI=1S/C33H49N2OSi/c1-21(2)27-16-14-17-28(22(3)4)31(27)34-25(9)20-26(10)35(37(34)36-33(11,12)13)32-29(23(5)6)18-15-19-30(32)24(7)8/h14-24H,9H2,1-8,10-13H3. The summed E-state index contributed by atoms with van der Waals surface area (Å²) in [6.07, 6.45) is 2.25. The highest BCUT2D eigenvalue weighted by Gasteiger charge is 2.44. The number of para-hydroxylation sites is 2. The molecule has 0 aromatic heterocycles. The number of rotatable bonds is 7. The third kappa shape index (κ3) is 6.07. The lowest BCUT2D eigenvalue weighted by Gasteiger charge is -2.47. The lowest BCUT2D eigenvalue weighted by molar-refractivity contribution is 0.127. The molecule has 0 bridgehead atoms. The highest BCUT2D eigenvalue weighted by molar-refractivity contribution is 6.64. The minimum atomic E-state index is -1.81. The molecule has 0 spiro atoms. The third-order valence-electron chi connectivity index (χ3n) is 6.93. The van der Waals surface area contributed by atoms with Gasteiger partial charge >= 0.3 is 9.36 Å². The Balaban J connectivity index is 2.43. The molecule has 3 rings (SSSR count). The maximum absolute atomic E-state index is 7.14. The van der Waals surface area contributed by atoms with Crippen LogP contribution in [0.2, 0.25) is 0 Å². The highest BCUT2D eigenvalue weighted by atomic mass is 28.3. The molecule has 3 nitrogen and oxygen atoms in total. The van der Waals surface area contributed by atoms with E-state index in [9.17, 15) is 0 Å². The SMILES string of the molecule is C=C1C=C(C)N(c2c(C(C)C)cccc2C(C)C)[Si](OC(C)(C)C)N1c1c(C(C)C)cccc1C(C)C. The quantitative estimate of drug-likeness (QED) is 0.340. The van der Waals surface area contributed by atoms with Crippen LogP contribution < -0.4 is 9.13 Å². The molecule has 1 aliphatic rings. The van der Waals surface area contributed by atoms with Crippen LogP contribution in [0.25, 0.3) is 0 Å². The number of hydrogen-bond acceptors (Lipinski definition) is 3. The van der Waals surface area contributed by atoms with Crippen molar-refractivity contribution in [1.29, 1.82) is 0 Å². The van der Waals surface area contributed by atoms with Crippen molar-refractivity contribution >= 4 is 20.7 Å². The molecule has 1 radical (unpaired) electrons. The highest BCUT2D eigenvalue weighted by Crippen LogP contribution is 2.45. The van der Waals surface area contributed by atoms with Gasteiger partial charge in [0.15, 0.2) is 0 Å². The molecule has 2 aromatic carbocycles. The van der Waals surface area contributed by atoms with E-state index in [4.69, 9.17) is 4.43 Å². The van der Waals surface area contributed by atoms with E-state index in [0.717, 1.165) is 5.70 Å². The fourth-order valence-corrected chi connectivity index (χ4v) is 7.67. The summed E-state index contributed by atoms with van der Waals surface area (Å²) in [6.45, 7) is 31.7. The van der Waals surface area contributed by atoms with E-state index in [1.165, 1.54) is 39.3 Å². The normalized spacial score (nSPS) is 15.6. The maximum atomic E-state index is 7.14. The number of hydrogen-bond donors (Lipinski definition) is 0. The number of benzene rings is 2. The first-order valence-electron chi connectivity index (χ1n) is 13.9. The van der Waals surface area contributed by atoms with Crippen molar-refractivity contribution in [2.75, 3.05) is 9.13 Å². The average molecular weight is 518 g/mol. The molecular weight excluding hydrogens is 468 g/mol. The molecule has 0 saturated carbocycles. The minimum absolute atomic E-state index is 0.321. The zero-order chi connectivity index (χ0) is 27.8. The van der Waals surface area contributed by atoms with Crippen molar-refractivity contribution < 1.29 is 4.43 Å². The Kier molecular flexibility index (Phi) is 8.86. The second-order valence-electron chi connectivity index (χ2n) is 12.6. The Bertz CT molecular complexity index is 1100. The second kappa shape index (κ2) is 11.2. The third-order valence-corrected chi connectivity index (χ3v) is 9.57. The minimum Gasteiger partial charge on any atom is -0.376 e. The van der Waals surface area contributed by atoms with Crippen molar-refractivity contribution in [3.05, 3.63) is 82.7 Å². The van der Waals surface area contributed by atoms with E-state index in [0.29, 0.717) is 23.7 Å². The van der Waals surface area contributed by atoms with Crippen LogP contribution in [0.3, 0.4) is 0 Å². The molecule has 0 unspecified atom stereocenters. The van der Waals surface area contributed by atoms with E-state index < -0.39 is 9.36 Å². The molecule has 1 heterocycles. The molecular formula is C33H49N2OSi. The van der Waals surface area contributed by atoms with Crippen molar-refractivity contribution in [2.24, 2.45) is 0 Å². The molecule has 0 fully saturated rings. The Labute approximate surface area is 229 Å². The van der Waals surface area contributed by atoms with Crippen LogP contribution in [-0.4, -0.2) is 15.0 Å². The van der Waals surface area contributed by atoms with Gasteiger partial charge in [-0.25, -0.2) is 0 Å². The summed E-state index contributed by atoms with van der Waals surface area (Å²) >= 11 is 0. The largest absolute Gasteiger partial charge is 0.491 e. The summed E-state index contributed by atoms with van der Waals surface area (Å²) < 4.78 is 12.1. The first-order chi connectivity index (χ1) is 17.2. The summed E-state index contributed by atoms with van der Waals surface area (Å²) in [5.41, 5.74) is 9.90. The number of nitrogens with zero attached hydrogens (tertiary/aromatic N) is 2. The van der Waals surface area contributed by atoms with Crippen LogP contribution >= 0.6 is 0 Å². The van der Waals surface area contributed by atoms with Crippen molar-refractivity contribution in [3.8, 4) is 0 Å². The molecule has 0 atom stereocenters. The molecule has 0 aliphatic carbocycles. The van der Waals surface area contributed by atoms with Gasteiger partial charge in [-0.05, 0) is 79.7 Å². The summed E-state index contributed by atoms with van der Waals surface area (Å²) in [4.78, 5) is 0.